The van der Waals surface area contributed by atoms with Gasteiger partial charge in [0.05, 0.1) is 12.8 Å². The molecule has 5 heteroatoms. The standard InChI is InChI=1S/C15H25N3O2/c1-5-7-10-18(11(3)6-2)14-12(16)8-9-13(17-14)15(19)20-4/h8-9,11H,5-7,10,16H2,1-4H3. The number of esters is 1. The van der Waals surface area contributed by atoms with Gasteiger partial charge in [-0.3, -0.25) is 0 Å². The number of unbranched alkanes of at least 4 members (excludes halogenated alkanes) is 1. The van der Waals surface area contributed by atoms with Gasteiger partial charge in [0.2, 0.25) is 0 Å². The van der Waals surface area contributed by atoms with Crippen LogP contribution < -0.4 is 10.6 Å². The summed E-state index contributed by atoms with van der Waals surface area (Å²) in [5.74, 6) is 0.238. The minimum atomic E-state index is -0.439. The Labute approximate surface area is 121 Å². The average Bonchev–Trinajstić information content (AvgIpc) is 2.47. The Bertz CT molecular complexity index is 449. The SMILES string of the molecule is CCCCN(c1nc(C(=O)OC)ccc1N)C(C)CC. The summed E-state index contributed by atoms with van der Waals surface area (Å²) in [5.41, 5.74) is 6.92. The highest BCUT2D eigenvalue weighted by molar-refractivity contribution is 5.88. The summed E-state index contributed by atoms with van der Waals surface area (Å²) >= 11 is 0. The number of methoxy groups -OCH3 is 1. The molecule has 1 aromatic rings. The zero-order valence-electron chi connectivity index (χ0n) is 12.8. The lowest BCUT2D eigenvalue weighted by atomic mass is 10.2. The van der Waals surface area contributed by atoms with Gasteiger partial charge in [-0.15, -0.1) is 0 Å². The van der Waals surface area contributed by atoms with Crippen LogP contribution in [0.25, 0.3) is 0 Å². The molecule has 20 heavy (non-hydrogen) atoms. The summed E-state index contributed by atoms with van der Waals surface area (Å²) in [4.78, 5) is 18.2. The number of nitrogens with two attached hydrogens (primary N) is 1. The maximum Gasteiger partial charge on any atom is 0.356 e. The van der Waals surface area contributed by atoms with Gasteiger partial charge in [-0.2, -0.15) is 0 Å². The van der Waals surface area contributed by atoms with Crippen LogP contribution in [0.2, 0.25) is 0 Å². The van der Waals surface area contributed by atoms with Crippen molar-refractivity contribution < 1.29 is 9.53 Å². The van der Waals surface area contributed by atoms with Gasteiger partial charge < -0.3 is 15.4 Å². The van der Waals surface area contributed by atoms with Crippen LogP contribution in [0.4, 0.5) is 11.5 Å². The second kappa shape index (κ2) is 7.72. The number of carbonyl (C=O) groups excluding carboxylic acids is 1. The van der Waals surface area contributed by atoms with Crippen LogP contribution in [0.15, 0.2) is 12.1 Å². The third-order valence-corrected chi connectivity index (χ3v) is 3.45. The Hall–Kier alpha value is -1.78. The molecule has 0 aliphatic heterocycles. The van der Waals surface area contributed by atoms with Crippen molar-refractivity contribution in [3.8, 4) is 0 Å². The molecule has 0 aliphatic carbocycles. The number of hydrogen-bond acceptors (Lipinski definition) is 5. The molecule has 0 bridgehead atoms. The van der Waals surface area contributed by atoms with Crippen LogP contribution in [0.1, 0.15) is 50.5 Å². The van der Waals surface area contributed by atoms with Crippen LogP contribution in [0.3, 0.4) is 0 Å². The van der Waals surface area contributed by atoms with E-state index in [0.29, 0.717) is 23.2 Å². The number of aromatic nitrogens is 1. The molecule has 0 amide bonds. The summed E-state index contributed by atoms with van der Waals surface area (Å²) in [7, 11) is 1.35. The van der Waals surface area contributed by atoms with Crippen LogP contribution in [-0.4, -0.2) is 30.6 Å². The summed E-state index contributed by atoms with van der Waals surface area (Å²) < 4.78 is 4.72. The third kappa shape index (κ3) is 3.85. The molecule has 2 N–H and O–H groups in total. The van der Waals surface area contributed by atoms with E-state index in [9.17, 15) is 4.79 Å². The highest BCUT2D eigenvalue weighted by Crippen LogP contribution is 2.24. The van der Waals surface area contributed by atoms with E-state index in [1.807, 2.05) is 0 Å². The van der Waals surface area contributed by atoms with Crippen molar-refractivity contribution in [2.45, 2.75) is 46.1 Å². The molecule has 1 aromatic heterocycles. The Morgan fingerprint density at radius 1 is 1.45 bits per heavy atom. The maximum absolute atomic E-state index is 11.6. The number of rotatable bonds is 7. The molecule has 0 saturated carbocycles. The monoisotopic (exact) mass is 279 g/mol. The van der Waals surface area contributed by atoms with E-state index in [1.54, 1.807) is 12.1 Å². The molecule has 0 spiro atoms. The van der Waals surface area contributed by atoms with E-state index >= 15 is 0 Å². The number of carbonyl (C=O) groups is 1. The smallest absolute Gasteiger partial charge is 0.356 e. The number of anilines is 2. The normalized spacial score (nSPS) is 12.0. The molecule has 0 saturated heterocycles. The Kier molecular flexibility index (Phi) is 6.28. The van der Waals surface area contributed by atoms with E-state index in [-0.39, 0.29) is 0 Å². The molecule has 5 nitrogen and oxygen atoms in total. The first-order valence-electron chi connectivity index (χ1n) is 7.16. The zero-order chi connectivity index (χ0) is 15.1. The fourth-order valence-electron chi connectivity index (χ4n) is 1.99. The van der Waals surface area contributed by atoms with Gasteiger partial charge in [-0.05, 0) is 31.9 Å². The molecular weight excluding hydrogens is 254 g/mol. The fraction of sp³-hybridized carbons (Fsp3) is 0.600. The van der Waals surface area contributed by atoms with Crippen molar-refractivity contribution >= 4 is 17.5 Å². The second-order valence-corrected chi connectivity index (χ2v) is 4.91. The molecular formula is C15H25N3O2. The lowest BCUT2D eigenvalue weighted by molar-refractivity contribution is 0.0594. The van der Waals surface area contributed by atoms with Crippen LogP contribution in [-0.2, 0) is 4.74 Å². The van der Waals surface area contributed by atoms with E-state index < -0.39 is 5.97 Å². The molecule has 1 rings (SSSR count). The van der Waals surface area contributed by atoms with Crippen LogP contribution >= 0.6 is 0 Å². The highest BCUT2D eigenvalue weighted by Gasteiger charge is 2.19. The predicted octanol–water partition coefficient (Wildman–Crippen LogP) is 2.86. The first-order valence-corrected chi connectivity index (χ1v) is 7.16. The van der Waals surface area contributed by atoms with Crippen LogP contribution in [0.5, 0.6) is 0 Å². The average molecular weight is 279 g/mol. The number of hydrogen-bond donors (Lipinski definition) is 1. The van der Waals surface area contributed by atoms with Crippen LogP contribution in [0, 0.1) is 0 Å². The second-order valence-electron chi connectivity index (χ2n) is 4.91. The van der Waals surface area contributed by atoms with Gasteiger partial charge in [0, 0.05) is 12.6 Å². The molecule has 1 atom stereocenters. The van der Waals surface area contributed by atoms with Crippen molar-refractivity contribution in [2.75, 3.05) is 24.3 Å². The number of nitrogen functional groups attached to an aromatic ring is 1. The van der Waals surface area contributed by atoms with Gasteiger partial charge >= 0.3 is 5.97 Å². The van der Waals surface area contributed by atoms with E-state index in [4.69, 9.17) is 10.5 Å². The van der Waals surface area contributed by atoms with Gasteiger partial charge in [-0.1, -0.05) is 20.3 Å². The lowest BCUT2D eigenvalue weighted by Gasteiger charge is -2.30. The summed E-state index contributed by atoms with van der Waals surface area (Å²) in [5, 5.41) is 0. The zero-order valence-corrected chi connectivity index (χ0v) is 12.8. The Morgan fingerprint density at radius 2 is 2.15 bits per heavy atom. The summed E-state index contributed by atoms with van der Waals surface area (Å²) in [6.45, 7) is 7.30. The van der Waals surface area contributed by atoms with E-state index in [1.165, 1.54) is 7.11 Å². The lowest BCUT2D eigenvalue weighted by Crippen LogP contribution is -2.35. The minimum absolute atomic E-state index is 0.293. The van der Waals surface area contributed by atoms with Crippen molar-refractivity contribution in [3.05, 3.63) is 17.8 Å². The molecule has 0 radical (unpaired) electrons. The van der Waals surface area contributed by atoms with Crippen molar-refractivity contribution in [3.63, 3.8) is 0 Å². The van der Waals surface area contributed by atoms with Crippen molar-refractivity contribution in [1.82, 2.24) is 4.98 Å². The van der Waals surface area contributed by atoms with Gasteiger partial charge in [-0.25, -0.2) is 9.78 Å². The van der Waals surface area contributed by atoms with Gasteiger partial charge in [0.25, 0.3) is 0 Å². The Morgan fingerprint density at radius 3 is 2.70 bits per heavy atom. The predicted molar refractivity (Wildman–Crippen MR) is 82.0 cm³/mol. The largest absolute Gasteiger partial charge is 0.464 e. The number of pyridine rings is 1. The minimum Gasteiger partial charge on any atom is -0.464 e. The highest BCUT2D eigenvalue weighted by atomic mass is 16.5. The van der Waals surface area contributed by atoms with E-state index in [0.717, 1.165) is 25.8 Å². The summed E-state index contributed by atoms with van der Waals surface area (Å²) in [6, 6.07) is 3.64. The first kappa shape index (κ1) is 16.3. The Balaban J connectivity index is 3.13. The maximum atomic E-state index is 11.6. The van der Waals surface area contributed by atoms with Gasteiger partial charge in [0.1, 0.15) is 0 Å². The molecule has 0 aliphatic rings. The number of ether oxygens (including phenoxy) is 1. The first-order chi connectivity index (χ1) is 9.54. The molecule has 112 valence electrons. The molecule has 1 unspecified atom stereocenters. The van der Waals surface area contributed by atoms with Crippen molar-refractivity contribution in [1.29, 1.82) is 0 Å². The molecule has 0 fully saturated rings. The molecule has 1 heterocycles. The summed E-state index contributed by atoms with van der Waals surface area (Å²) in [6.07, 6.45) is 3.16. The fourth-order valence-corrected chi connectivity index (χ4v) is 1.99. The quantitative estimate of drug-likeness (QED) is 0.777. The third-order valence-electron chi connectivity index (χ3n) is 3.45. The number of nitrogens with zero attached hydrogens (tertiary/aromatic N) is 2. The van der Waals surface area contributed by atoms with Gasteiger partial charge in [0.15, 0.2) is 11.5 Å². The molecule has 0 aromatic carbocycles. The topological polar surface area (TPSA) is 68.5 Å². The van der Waals surface area contributed by atoms with Crippen molar-refractivity contribution in [2.24, 2.45) is 0 Å². The van der Waals surface area contributed by atoms with E-state index in [2.05, 4.69) is 30.7 Å².